The number of hydrogen-bond donors (Lipinski definition) is 2. The smallest absolute Gasteiger partial charge is 0.320 e. The van der Waals surface area contributed by atoms with Crippen molar-refractivity contribution >= 4 is 12.0 Å². The van der Waals surface area contributed by atoms with E-state index in [-0.39, 0.29) is 19.2 Å². The number of rotatable bonds is 2. The number of carbonyl (C=O) groups is 2. The molecule has 0 saturated carbocycles. The van der Waals surface area contributed by atoms with Crippen LogP contribution in [0.15, 0.2) is 0 Å². The molecule has 2 aliphatic rings. The van der Waals surface area contributed by atoms with Gasteiger partial charge in [-0.1, -0.05) is 0 Å². The Labute approximate surface area is 118 Å². The van der Waals surface area contributed by atoms with Gasteiger partial charge in [-0.15, -0.1) is 0 Å². The molecule has 0 aromatic rings. The first-order valence-electron chi connectivity index (χ1n) is 6.86. The number of likely N-dealkylation sites (N-methyl/N-ethyl adjacent to an activating group) is 1. The minimum atomic E-state index is -0.936. The quantitative estimate of drug-likeness (QED) is 0.745. The maximum absolute atomic E-state index is 12.4. The molecule has 2 fully saturated rings. The summed E-state index contributed by atoms with van der Waals surface area (Å²) in [4.78, 5) is 26.6. The van der Waals surface area contributed by atoms with Crippen LogP contribution in [0.5, 0.6) is 0 Å². The number of aliphatic carboxylic acids is 1. The summed E-state index contributed by atoms with van der Waals surface area (Å²) >= 11 is 0. The summed E-state index contributed by atoms with van der Waals surface area (Å²) in [7, 11) is 1.62. The van der Waals surface area contributed by atoms with Crippen LogP contribution in [-0.4, -0.2) is 77.0 Å². The molecule has 7 heteroatoms. The highest BCUT2D eigenvalue weighted by molar-refractivity contribution is 5.77. The van der Waals surface area contributed by atoms with Crippen LogP contribution in [0.25, 0.3) is 0 Å². The van der Waals surface area contributed by atoms with Crippen molar-refractivity contribution < 1.29 is 24.5 Å². The Morgan fingerprint density at radius 3 is 2.45 bits per heavy atom. The summed E-state index contributed by atoms with van der Waals surface area (Å²) in [5, 5.41) is 19.0. The molecule has 2 atom stereocenters. The molecule has 7 nitrogen and oxygen atoms in total. The summed E-state index contributed by atoms with van der Waals surface area (Å²) in [5.41, 5.74) is -0.713. The minimum absolute atomic E-state index is 0.145. The molecule has 2 amide bonds. The van der Waals surface area contributed by atoms with Crippen molar-refractivity contribution in [3.63, 3.8) is 0 Å². The van der Waals surface area contributed by atoms with Gasteiger partial charge in [-0.25, -0.2) is 4.79 Å². The first-order chi connectivity index (χ1) is 9.32. The Kier molecular flexibility index (Phi) is 4.19. The zero-order valence-corrected chi connectivity index (χ0v) is 11.9. The molecule has 2 N–H and O–H groups in total. The number of carboxylic acids is 1. The van der Waals surface area contributed by atoms with E-state index in [2.05, 4.69) is 0 Å². The van der Waals surface area contributed by atoms with E-state index in [1.54, 1.807) is 18.9 Å². The van der Waals surface area contributed by atoms with E-state index >= 15 is 0 Å². The zero-order valence-electron chi connectivity index (χ0n) is 11.9. The van der Waals surface area contributed by atoms with Gasteiger partial charge in [0.1, 0.15) is 5.92 Å². The van der Waals surface area contributed by atoms with E-state index in [1.165, 1.54) is 4.90 Å². The van der Waals surface area contributed by atoms with E-state index in [1.807, 2.05) is 0 Å². The van der Waals surface area contributed by atoms with Gasteiger partial charge in [-0.2, -0.15) is 0 Å². The fourth-order valence-electron chi connectivity index (χ4n) is 2.71. The Morgan fingerprint density at radius 2 is 1.90 bits per heavy atom. The second kappa shape index (κ2) is 5.57. The highest BCUT2D eigenvalue weighted by atomic mass is 16.5. The molecular weight excluding hydrogens is 264 g/mol. The number of hydrogen-bond acceptors (Lipinski definition) is 4. The number of urea groups is 1. The Balaban J connectivity index is 1.97. The highest BCUT2D eigenvalue weighted by Crippen LogP contribution is 2.24. The Hall–Kier alpha value is -1.34. The van der Waals surface area contributed by atoms with Gasteiger partial charge < -0.3 is 24.7 Å². The predicted octanol–water partition coefficient (Wildman–Crippen LogP) is -0.0154. The fourth-order valence-corrected chi connectivity index (χ4v) is 2.71. The van der Waals surface area contributed by atoms with E-state index in [0.29, 0.717) is 25.9 Å². The third-order valence-electron chi connectivity index (χ3n) is 4.28. The van der Waals surface area contributed by atoms with Crippen molar-refractivity contribution in [2.45, 2.75) is 31.4 Å². The fraction of sp³-hybridized carbons (Fsp3) is 0.846. The van der Waals surface area contributed by atoms with Gasteiger partial charge in [0, 0.05) is 20.1 Å². The topological polar surface area (TPSA) is 90.3 Å². The second-order valence-electron chi connectivity index (χ2n) is 5.93. The van der Waals surface area contributed by atoms with Gasteiger partial charge in [0.05, 0.1) is 24.9 Å². The number of carbonyl (C=O) groups excluding carboxylic acids is 1. The lowest BCUT2D eigenvalue weighted by molar-refractivity contribution is -0.142. The van der Waals surface area contributed by atoms with E-state index in [0.717, 1.165) is 0 Å². The van der Waals surface area contributed by atoms with E-state index in [4.69, 9.17) is 9.84 Å². The number of carboxylic acid groups (broad SMARTS) is 1. The van der Waals surface area contributed by atoms with Crippen LogP contribution < -0.4 is 0 Å². The molecule has 114 valence electrons. The lowest BCUT2D eigenvalue weighted by Gasteiger charge is -2.39. The zero-order chi connectivity index (χ0) is 14.9. The highest BCUT2D eigenvalue weighted by Gasteiger charge is 2.40. The molecule has 0 spiro atoms. The first kappa shape index (κ1) is 15.1. The molecule has 2 aliphatic heterocycles. The molecule has 2 rings (SSSR count). The van der Waals surface area contributed by atoms with Gasteiger partial charge >= 0.3 is 12.0 Å². The van der Waals surface area contributed by atoms with Crippen LogP contribution in [0.3, 0.4) is 0 Å². The summed E-state index contributed by atoms with van der Waals surface area (Å²) < 4.78 is 5.19. The van der Waals surface area contributed by atoms with Crippen molar-refractivity contribution in [1.29, 1.82) is 0 Å². The largest absolute Gasteiger partial charge is 0.481 e. The third kappa shape index (κ3) is 3.04. The monoisotopic (exact) mass is 286 g/mol. The van der Waals surface area contributed by atoms with Crippen LogP contribution in [0.2, 0.25) is 0 Å². The minimum Gasteiger partial charge on any atom is -0.481 e. The van der Waals surface area contributed by atoms with Gasteiger partial charge in [0.15, 0.2) is 0 Å². The van der Waals surface area contributed by atoms with Crippen molar-refractivity contribution in [2.75, 3.05) is 33.4 Å². The van der Waals surface area contributed by atoms with Crippen molar-refractivity contribution in [1.82, 2.24) is 9.80 Å². The molecule has 20 heavy (non-hydrogen) atoms. The Bertz CT molecular complexity index is 388. The second-order valence-corrected chi connectivity index (χ2v) is 5.93. The molecule has 0 bridgehead atoms. The molecule has 2 saturated heterocycles. The molecule has 0 aromatic carbocycles. The lowest BCUT2D eigenvalue weighted by Crippen LogP contribution is -2.53. The van der Waals surface area contributed by atoms with E-state index in [9.17, 15) is 14.7 Å². The Morgan fingerprint density at radius 1 is 1.30 bits per heavy atom. The van der Waals surface area contributed by atoms with Gasteiger partial charge in [0.25, 0.3) is 0 Å². The average molecular weight is 286 g/mol. The van der Waals surface area contributed by atoms with Gasteiger partial charge in [0.2, 0.25) is 0 Å². The number of amides is 2. The number of ether oxygens (including phenoxy) is 1. The SMILES string of the molecule is CN(C(=O)N1CCC(C)(O)CC1)C1COCC1C(=O)O. The van der Waals surface area contributed by atoms with Crippen LogP contribution >= 0.6 is 0 Å². The summed E-state index contributed by atoms with van der Waals surface area (Å²) in [6.45, 7) is 3.14. The van der Waals surface area contributed by atoms with Crippen molar-refractivity contribution in [3.8, 4) is 0 Å². The van der Waals surface area contributed by atoms with Gasteiger partial charge in [-0.05, 0) is 19.8 Å². The molecule has 0 aromatic heterocycles. The molecule has 0 aliphatic carbocycles. The molecular formula is C13H22N2O5. The van der Waals surface area contributed by atoms with Crippen molar-refractivity contribution in [2.24, 2.45) is 5.92 Å². The normalized spacial score (nSPS) is 29.2. The lowest BCUT2D eigenvalue weighted by atomic mass is 9.94. The average Bonchev–Trinajstić information content (AvgIpc) is 2.86. The van der Waals surface area contributed by atoms with Gasteiger partial charge in [-0.3, -0.25) is 4.79 Å². The standard InChI is InChI=1S/C13H22N2O5/c1-13(19)3-5-15(6-4-13)12(18)14(2)10-8-20-7-9(10)11(16)17/h9-10,19H,3-8H2,1-2H3,(H,16,17). The number of piperidine rings is 1. The van der Waals surface area contributed by atoms with Crippen LogP contribution in [0, 0.1) is 5.92 Å². The number of aliphatic hydroxyl groups is 1. The first-order valence-corrected chi connectivity index (χ1v) is 6.86. The van der Waals surface area contributed by atoms with Crippen molar-refractivity contribution in [3.05, 3.63) is 0 Å². The van der Waals surface area contributed by atoms with Crippen LogP contribution in [0.4, 0.5) is 4.79 Å². The molecule has 2 heterocycles. The number of likely N-dealkylation sites (tertiary alicyclic amines) is 1. The molecule has 2 unspecified atom stereocenters. The summed E-state index contributed by atoms with van der Waals surface area (Å²) in [6, 6.07) is -0.621. The summed E-state index contributed by atoms with van der Waals surface area (Å²) in [6.07, 6.45) is 1.08. The molecule has 0 radical (unpaired) electrons. The van der Waals surface area contributed by atoms with Crippen LogP contribution in [0.1, 0.15) is 19.8 Å². The number of nitrogens with zero attached hydrogens (tertiary/aromatic N) is 2. The van der Waals surface area contributed by atoms with E-state index < -0.39 is 23.5 Å². The maximum atomic E-state index is 12.4. The van der Waals surface area contributed by atoms with Crippen LogP contribution in [-0.2, 0) is 9.53 Å². The summed E-state index contributed by atoms with van der Waals surface area (Å²) in [5.74, 6) is -1.61. The third-order valence-corrected chi connectivity index (χ3v) is 4.28. The predicted molar refractivity (Wildman–Crippen MR) is 70.3 cm³/mol. The maximum Gasteiger partial charge on any atom is 0.320 e.